The van der Waals surface area contributed by atoms with E-state index in [0.717, 1.165) is 0 Å². The van der Waals surface area contributed by atoms with E-state index in [-0.39, 0.29) is 5.92 Å². The molecular formula is C11H20O2. The Bertz CT molecular complexity index is 183. The van der Waals surface area contributed by atoms with E-state index < -0.39 is 5.97 Å². The smallest absolute Gasteiger partial charge is 0.306 e. The van der Waals surface area contributed by atoms with Gasteiger partial charge in [-0.05, 0) is 18.3 Å². The third kappa shape index (κ3) is 5.45. The zero-order chi connectivity index (χ0) is 10.4. The van der Waals surface area contributed by atoms with E-state index >= 15 is 0 Å². The van der Waals surface area contributed by atoms with Gasteiger partial charge in [-0.15, -0.1) is 0 Å². The fourth-order valence-electron chi connectivity index (χ4n) is 0.820. The third-order valence-corrected chi connectivity index (χ3v) is 2.40. The summed E-state index contributed by atoms with van der Waals surface area (Å²) in [6.07, 6.45) is 4.71. The summed E-state index contributed by atoms with van der Waals surface area (Å²) in [4.78, 5) is 10.5. The van der Waals surface area contributed by atoms with Gasteiger partial charge in [-0.25, -0.2) is 0 Å². The van der Waals surface area contributed by atoms with Crippen molar-refractivity contribution in [1.82, 2.24) is 0 Å². The van der Waals surface area contributed by atoms with E-state index in [2.05, 4.69) is 26.8 Å². The number of aliphatic carboxylic acids is 1. The maximum atomic E-state index is 10.5. The molecule has 0 aliphatic heterocycles. The maximum Gasteiger partial charge on any atom is 0.306 e. The molecule has 2 atom stereocenters. The zero-order valence-corrected chi connectivity index (χ0v) is 8.95. The Kier molecular flexibility index (Phi) is 5.44. The molecule has 0 aliphatic rings. The highest BCUT2D eigenvalue weighted by atomic mass is 16.4. The highest BCUT2D eigenvalue weighted by Gasteiger charge is 2.08. The minimum atomic E-state index is -0.721. The summed E-state index contributed by atoms with van der Waals surface area (Å²) in [5.74, 6) is 0.162. The molecule has 0 heterocycles. The molecule has 0 bridgehead atoms. The molecule has 76 valence electrons. The monoisotopic (exact) mass is 184 g/mol. The Morgan fingerprint density at radius 2 is 1.85 bits per heavy atom. The van der Waals surface area contributed by atoms with E-state index in [4.69, 9.17) is 5.11 Å². The third-order valence-electron chi connectivity index (χ3n) is 2.40. The van der Waals surface area contributed by atoms with Crippen LogP contribution in [0.15, 0.2) is 12.2 Å². The molecule has 0 fully saturated rings. The van der Waals surface area contributed by atoms with Crippen LogP contribution in [-0.2, 0) is 4.79 Å². The Morgan fingerprint density at radius 3 is 2.23 bits per heavy atom. The molecule has 2 unspecified atom stereocenters. The second kappa shape index (κ2) is 5.79. The van der Waals surface area contributed by atoms with Gasteiger partial charge in [0.2, 0.25) is 0 Å². The Labute approximate surface area is 80.7 Å². The molecule has 2 heteroatoms. The summed E-state index contributed by atoms with van der Waals surface area (Å²) in [6, 6.07) is 0. The van der Waals surface area contributed by atoms with Crippen molar-refractivity contribution in [2.75, 3.05) is 0 Å². The lowest BCUT2D eigenvalue weighted by Crippen LogP contribution is -2.08. The number of hydrogen-bond acceptors (Lipinski definition) is 1. The summed E-state index contributed by atoms with van der Waals surface area (Å²) < 4.78 is 0. The van der Waals surface area contributed by atoms with Gasteiger partial charge in [0.25, 0.3) is 0 Å². The van der Waals surface area contributed by atoms with Gasteiger partial charge in [0.1, 0.15) is 0 Å². The largest absolute Gasteiger partial charge is 0.481 e. The van der Waals surface area contributed by atoms with Crippen LogP contribution in [0.25, 0.3) is 0 Å². The molecule has 0 aromatic heterocycles. The zero-order valence-electron chi connectivity index (χ0n) is 8.95. The SMILES string of the molecule is CC(C/C=C/C(C)C(C)C)C(=O)O. The Balaban J connectivity index is 3.81. The summed E-state index contributed by atoms with van der Waals surface area (Å²) in [7, 11) is 0. The van der Waals surface area contributed by atoms with Gasteiger partial charge in [0, 0.05) is 0 Å². The molecule has 0 amide bonds. The summed E-state index contributed by atoms with van der Waals surface area (Å²) >= 11 is 0. The molecule has 0 spiro atoms. The molecule has 0 radical (unpaired) electrons. The Hall–Kier alpha value is -0.790. The number of rotatable bonds is 5. The predicted molar refractivity (Wildman–Crippen MR) is 54.6 cm³/mol. The van der Waals surface area contributed by atoms with Crippen LogP contribution >= 0.6 is 0 Å². The van der Waals surface area contributed by atoms with E-state index in [1.807, 2.05) is 6.08 Å². The fraction of sp³-hybridized carbons (Fsp3) is 0.727. The number of allylic oxidation sites excluding steroid dienone is 2. The van der Waals surface area contributed by atoms with Gasteiger partial charge in [-0.1, -0.05) is 39.8 Å². The van der Waals surface area contributed by atoms with Crippen molar-refractivity contribution in [2.24, 2.45) is 17.8 Å². The number of hydrogen-bond donors (Lipinski definition) is 1. The normalized spacial score (nSPS) is 16.4. The van der Waals surface area contributed by atoms with Crippen molar-refractivity contribution >= 4 is 5.97 Å². The molecule has 1 N–H and O–H groups in total. The summed E-state index contributed by atoms with van der Waals surface area (Å²) in [5, 5.41) is 8.62. The first kappa shape index (κ1) is 12.2. The number of carboxylic acids is 1. The molecule has 0 aromatic rings. The quantitative estimate of drug-likeness (QED) is 0.667. The fourth-order valence-corrected chi connectivity index (χ4v) is 0.820. The number of carbonyl (C=O) groups is 1. The van der Waals surface area contributed by atoms with Crippen molar-refractivity contribution in [1.29, 1.82) is 0 Å². The molecule has 0 aromatic carbocycles. The maximum absolute atomic E-state index is 10.5. The van der Waals surface area contributed by atoms with Crippen molar-refractivity contribution in [3.05, 3.63) is 12.2 Å². The standard InChI is InChI=1S/C11H20O2/c1-8(2)9(3)6-5-7-10(4)11(12)13/h5-6,8-10H,7H2,1-4H3,(H,12,13)/b6-5+. The summed E-state index contributed by atoms with van der Waals surface area (Å²) in [5.41, 5.74) is 0. The number of carboxylic acid groups (broad SMARTS) is 1. The van der Waals surface area contributed by atoms with Gasteiger partial charge in [-0.2, -0.15) is 0 Å². The first-order valence-corrected chi connectivity index (χ1v) is 4.84. The van der Waals surface area contributed by atoms with Gasteiger partial charge in [-0.3, -0.25) is 4.79 Å². The lowest BCUT2D eigenvalue weighted by molar-refractivity contribution is -0.140. The minimum absolute atomic E-state index is 0.268. The van der Waals surface area contributed by atoms with E-state index in [0.29, 0.717) is 18.3 Å². The lowest BCUT2D eigenvalue weighted by atomic mass is 9.96. The first-order valence-electron chi connectivity index (χ1n) is 4.84. The van der Waals surface area contributed by atoms with Gasteiger partial charge >= 0.3 is 5.97 Å². The van der Waals surface area contributed by atoms with Crippen LogP contribution in [0.3, 0.4) is 0 Å². The van der Waals surface area contributed by atoms with Crippen molar-refractivity contribution in [2.45, 2.75) is 34.1 Å². The van der Waals surface area contributed by atoms with Crippen LogP contribution < -0.4 is 0 Å². The molecule has 2 nitrogen and oxygen atoms in total. The van der Waals surface area contributed by atoms with Crippen LogP contribution in [0.4, 0.5) is 0 Å². The van der Waals surface area contributed by atoms with E-state index in [9.17, 15) is 4.79 Å². The van der Waals surface area contributed by atoms with E-state index in [1.165, 1.54) is 0 Å². The van der Waals surface area contributed by atoms with Crippen molar-refractivity contribution < 1.29 is 9.90 Å². The second-order valence-electron chi connectivity index (χ2n) is 4.01. The Morgan fingerprint density at radius 1 is 1.31 bits per heavy atom. The van der Waals surface area contributed by atoms with Gasteiger partial charge < -0.3 is 5.11 Å². The topological polar surface area (TPSA) is 37.3 Å². The van der Waals surface area contributed by atoms with Gasteiger partial charge in [0.05, 0.1) is 5.92 Å². The minimum Gasteiger partial charge on any atom is -0.481 e. The highest BCUT2D eigenvalue weighted by molar-refractivity contribution is 5.69. The molecule has 0 aliphatic carbocycles. The predicted octanol–water partition coefficient (Wildman–Crippen LogP) is 2.95. The van der Waals surface area contributed by atoms with Crippen LogP contribution in [0.5, 0.6) is 0 Å². The van der Waals surface area contributed by atoms with Crippen molar-refractivity contribution in [3.8, 4) is 0 Å². The lowest BCUT2D eigenvalue weighted by Gasteiger charge is -2.09. The molecule has 0 saturated heterocycles. The average molecular weight is 184 g/mol. The molecule has 0 saturated carbocycles. The van der Waals surface area contributed by atoms with Crippen molar-refractivity contribution in [3.63, 3.8) is 0 Å². The van der Waals surface area contributed by atoms with E-state index in [1.54, 1.807) is 6.92 Å². The molecular weight excluding hydrogens is 164 g/mol. The molecule has 13 heavy (non-hydrogen) atoms. The summed E-state index contributed by atoms with van der Waals surface area (Å²) in [6.45, 7) is 8.20. The second-order valence-corrected chi connectivity index (χ2v) is 4.01. The van der Waals surface area contributed by atoms with Crippen LogP contribution in [0.2, 0.25) is 0 Å². The highest BCUT2D eigenvalue weighted by Crippen LogP contribution is 2.12. The first-order chi connectivity index (χ1) is 5.95. The van der Waals surface area contributed by atoms with Crippen LogP contribution in [0.1, 0.15) is 34.1 Å². The van der Waals surface area contributed by atoms with Crippen LogP contribution in [-0.4, -0.2) is 11.1 Å². The van der Waals surface area contributed by atoms with Gasteiger partial charge in [0.15, 0.2) is 0 Å². The average Bonchev–Trinajstić information content (AvgIpc) is 2.03. The van der Waals surface area contributed by atoms with Crippen LogP contribution in [0, 0.1) is 17.8 Å². The molecule has 0 rings (SSSR count).